The summed E-state index contributed by atoms with van der Waals surface area (Å²) in [7, 11) is 0. The highest BCUT2D eigenvalue weighted by Gasteiger charge is 2.26. The molecule has 0 aliphatic heterocycles. The Labute approximate surface area is 105 Å². The molecule has 1 aliphatic rings. The van der Waals surface area contributed by atoms with E-state index in [1.165, 1.54) is 6.07 Å². The molecule has 1 fully saturated rings. The average Bonchev–Trinajstić information content (AvgIpc) is 2.91. The molecule has 1 saturated carbocycles. The topological polar surface area (TPSA) is 84.1 Å². The van der Waals surface area contributed by atoms with Crippen LogP contribution < -0.4 is 5.32 Å². The van der Waals surface area contributed by atoms with Gasteiger partial charge in [0.15, 0.2) is 5.69 Å². The van der Waals surface area contributed by atoms with Crippen molar-refractivity contribution in [1.29, 1.82) is 0 Å². The van der Waals surface area contributed by atoms with E-state index in [1.807, 2.05) is 0 Å². The lowest BCUT2D eigenvalue weighted by molar-refractivity contribution is 0.00628. The number of nitrogens with one attached hydrogen (secondary N) is 2. The number of rotatable bonds is 3. The fourth-order valence-electron chi connectivity index (χ4n) is 1.36. The highest BCUT2D eigenvalue weighted by Crippen LogP contribution is 2.19. The predicted octanol–water partition coefficient (Wildman–Crippen LogP) is 1.26. The molecule has 1 aromatic rings. The molecule has 0 spiro atoms. The molecule has 1 aromatic heterocycles. The molecule has 1 aliphatic carbocycles. The van der Waals surface area contributed by atoms with Crippen LogP contribution in [0, 0.1) is 0 Å². The van der Waals surface area contributed by atoms with Gasteiger partial charge in [-0.1, -0.05) is 0 Å². The molecule has 0 radical (unpaired) electrons. The lowest BCUT2D eigenvalue weighted by atomic mass is 10.2. The Morgan fingerprint density at radius 2 is 2.11 bits per heavy atom. The lowest BCUT2D eigenvalue weighted by Crippen LogP contribution is -2.25. The summed E-state index contributed by atoms with van der Waals surface area (Å²) in [5.41, 5.74) is -0.174. The quantitative estimate of drug-likeness (QED) is 0.792. The number of nitrogens with zero attached hydrogens (tertiary/aromatic N) is 1. The first-order valence-electron chi connectivity index (χ1n) is 5.95. The smallest absolute Gasteiger partial charge is 0.356 e. The van der Waals surface area contributed by atoms with Crippen molar-refractivity contribution in [3.05, 3.63) is 17.5 Å². The Kier molecular flexibility index (Phi) is 3.11. The maximum Gasteiger partial charge on any atom is 0.356 e. The maximum atomic E-state index is 11.7. The van der Waals surface area contributed by atoms with E-state index < -0.39 is 11.6 Å². The number of esters is 1. The molecule has 1 amide bonds. The van der Waals surface area contributed by atoms with Crippen molar-refractivity contribution in [2.24, 2.45) is 0 Å². The van der Waals surface area contributed by atoms with Crippen molar-refractivity contribution >= 4 is 11.9 Å². The number of amides is 1. The third-order valence-corrected chi connectivity index (χ3v) is 2.34. The second-order valence-corrected chi connectivity index (χ2v) is 5.42. The second kappa shape index (κ2) is 4.44. The number of H-pyrrole nitrogens is 1. The van der Waals surface area contributed by atoms with E-state index in [9.17, 15) is 9.59 Å². The number of hydrogen-bond acceptors (Lipinski definition) is 4. The van der Waals surface area contributed by atoms with Gasteiger partial charge in [-0.15, -0.1) is 0 Å². The Morgan fingerprint density at radius 1 is 1.44 bits per heavy atom. The fraction of sp³-hybridized carbons (Fsp3) is 0.583. The van der Waals surface area contributed by atoms with Gasteiger partial charge in [0.1, 0.15) is 11.3 Å². The predicted molar refractivity (Wildman–Crippen MR) is 64.2 cm³/mol. The first-order valence-corrected chi connectivity index (χ1v) is 5.95. The third kappa shape index (κ3) is 3.32. The van der Waals surface area contributed by atoms with Gasteiger partial charge in [0.05, 0.1) is 0 Å². The standard InChI is InChI=1S/C12H17N3O3/c1-12(2,3)18-11(17)9-6-8(14-15-9)10(16)13-7-4-5-7/h6-7H,4-5H2,1-3H3,(H,13,16)(H,14,15). The summed E-state index contributed by atoms with van der Waals surface area (Å²) in [6, 6.07) is 1.67. The molecule has 0 unspecified atom stereocenters. The molecule has 2 N–H and O–H groups in total. The molecule has 1 heterocycles. The van der Waals surface area contributed by atoms with Gasteiger partial charge in [-0.2, -0.15) is 5.10 Å². The lowest BCUT2D eigenvalue weighted by Gasteiger charge is -2.18. The number of aromatic nitrogens is 2. The Bertz CT molecular complexity index is 469. The number of hydrogen-bond donors (Lipinski definition) is 2. The van der Waals surface area contributed by atoms with Gasteiger partial charge in [0.2, 0.25) is 0 Å². The van der Waals surface area contributed by atoms with Crippen molar-refractivity contribution in [2.45, 2.75) is 45.3 Å². The van der Waals surface area contributed by atoms with Crippen LogP contribution in [0.5, 0.6) is 0 Å². The molecular formula is C12H17N3O3. The van der Waals surface area contributed by atoms with Crippen molar-refractivity contribution in [1.82, 2.24) is 15.5 Å². The van der Waals surface area contributed by atoms with E-state index in [2.05, 4.69) is 15.5 Å². The first-order chi connectivity index (χ1) is 8.35. The maximum absolute atomic E-state index is 11.7. The summed E-state index contributed by atoms with van der Waals surface area (Å²) in [4.78, 5) is 23.4. The Morgan fingerprint density at radius 3 is 2.67 bits per heavy atom. The highest BCUT2D eigenvalue weighted by molar-refractivity contribution is 5.96. The SMILES string of the molecule is CC(C)(C)OC(=O)c1cc(C(=O)NC2CC2)n[nH]1. The monoisotopic (exact) mass is 251 g/mol. The molecule has 0 bridgehead atoms. The zero-order valence-electron chi connectivity index (χ0n) is 10.7. The summed E-state index contributed by atoms with van der Waals surface area (Å²) in [5, 5.41) is 9.12. The summed E-state index contributed by atoms with van der Waals surface area (Å²) >= 11 is 0. The summed E-state index contributed by atoms with van der Waals surface area (Å²) in [6.07, 6.45) is 2.02. The molecule has 0 saturated heterocycles. The van der Waals surface area contributed by atoms with Crippen LogP contribution in [-0.4, -0.2) is 33.7 Å². The van der Waals surface area contributed by atoms with Crippen LogP contribution in [0.2, 0.25) is 0 Å². The Hall–Kier alpha value is -1.85. The van der Waals surface area contributed by atoms with Crippen LogP contribution in [0.15, 0.2) is 6.07 Å². The van der Waals surface area contributed by atoms with E-state index in [-0.39, 0.29) is 23.3 Å². The zero-order chi connectivity index (χ0) is 13.3. The van der Waals surface area contributed by atoms with E-state index in [1.54, 1.807) is 20.8 Å². The van der Waals surface area contributed by atoms with E-state index in [0.29, 0.717) is 0 Å². The number of carbonyl (C=O) groups is 2. The van der Waals surface area contributed by atoms with Gasteiger partial charge in [-0.05, 0) is 33.6 Å². The normalized spacial score (nSPS) is 15.3. The molecule has 0 atom stereocenters. The zero-order valence-corrected chi connectivity index (χ0v) is 10.7. The molecule has 98 valence electrons. The Balaban J connectivity index is 2.00. The average molecular weight is 251 g/mol. The van der Waals surface area contributed by atoms with Gasteiger partial charge >= 0.3 is 5.97 Å². The van der Waals surface area contributed by atoms with Crippen LogP contribution in [0.25, 0.3) is 0 Å². The largest absolute Gasteiger partial charge is 0.455 e. The van der Waals surface area contributed by atoms with Crippen LogP contribution >= 0.6 is 0 Å². The fourth-order valence-corrected chi connectivity index (χ4v) is 1.36. The number of carbonyl (C=O) groups excluding carboxylic acids is 2. The van der Waals surface area contributed by atoms with Gasteiger partial charge < -0.3 is 10.1 Å². The molecule has 6 nitrogen and oxygen atoms in total. The molecule has 18 heavy (non-hydrogen) atoms. The number of ether oxygens (including phenoxy) is 1. The third-order valence-electron chi connectivity index (χ3n) is 2.34. The first kappa shape index (κ1) is 12.6. The van der Waals surface area contributed by atoms with Crippen LogP contribution in [0.3, 0.4) is 0 Å². The van der Waals surface area contributed by atoms with Crippen molar-refractivity contribution in [2.75, 3.05) is 0 Å². The summed E-state index contributed by atoms with van der Waals surface area (Å²) < 4.78 is 5.17. The minimum absolute atomic E-state index is 0.186. The van der Waals surface area contributed by atoms with Gasteiger partial charge in [-0.3, -0.25) is 9.89 Å². The second-order valence-electron chi connectivity index (χ2n) is 5.42. The molecular weight excluding hydrogens is 234 g/mol. The summed E-state index contributed by atoms with van der Waals surface area (Å²) in [6.45, 7) is 5.34. The van der Waals surface area contributed by atoms with Gasteiger partial charge in [0.25, 0.3) is 5.91 Å². The minimum Gasteiger partial charge on any atom is -0.455 e. The van der Waals surface area contributed by atoms with Crippen molar-refractivity contribution in [3.63, 3.8) is 0 Å². The van der Waals surface area contributed by atoms with Crippen LogP contribution in [-0.2, 0) is 4.74 Å². The van der Waals surface area contributed by atoms with E-state index in [0.717, 1.165) is 12.8 Å². The van der Waals surface area contributed by atoms with Crippen molar-refractivity contribution in [3.8, 4) is 0 Å². The van der Waals surface area contributed by atoms with Crippen LogP contribution in [0.1, 0.15) is 54.6 Å². The highest BCUT2D eigenvalue weighted by atomic mass is 16.6. The molecule has 0 aromatic carbocycles. The van der Waals surface area contributed by atoms with E-state index >= 15 is 0 Å². The molecule has 2 rings (SSSR count). The van der Waals surface area contributed by atoms with Crippen LogP contribution in [0.4, 0.5) is 0 Å². The van der Waals surface area contributed by atoms with Gasteiger partial charge in [0, 0.05) is 12.1 Å². The van der Waals surface area contributed by atoms with Crippen molar-refractivity contribution < 1.29 is 14.3 Å². The number of aromatic amines is 1. The van der Waals surface area contributed by atoms with Gasteiger partial charge in [-0.25, -0.2) is 4.79 Å². The summed E-state index contributed by atoms with van der Waals surface area (Å²) in [5.74, 6) is -0.774. The minimum atomic E-state index is -0.571. The van der Waals surface area contributed by atoms with E-state index in [4.69, 9.17) is 4.74 Å². The molecule has 6 heteroatoms.